The molecule has 3 heterocycles. The van der Waals surface area contributed by atoms with Gasteiger partial charge in [-0.25, -0.2) is 9.78 Å². The van der Waals surface area contributed by atoms with E-state index in [-0.39, 0.29) is 36.3 Å². The van der Waals surface area contributed by atoms with Crippen LogP contribution in [-0.2, 0) is 30.4 Å². The van der Waals surface area contributed by atoms with Crippen LogP contribution in [0.15, 0.2) is 17.8 Å². The van der Waals surface area contributed by atoms with Crippen molar-refractivity contribution in [2.75, 3.05) is 20.2 Å². The Labute approximate surface area is 295 Å². The van der Waals surface area contributed by atoms with Crippen molar-refractivity contribution in [2.24, 2.45) is 17.8 Å². The van der Waals surface area contributed by atoms with E-state index in [0.717, 1.165) is 23.5 Å². The molecule has 270 valence electrons. The first-order valence-electron chi connectivity index (χ1n) is 17.1. The van der Waals surface area contributed by atoms with Gasteiger partial charge in [-0.1, -0.05) is 26.0 Å². The molecule has 2 radical (unpaired) electrons. The third-order valence-corrected chi connectivity index (χ3v) is 11.2. The number of amides is 2. The Balaban J connectivity index is 1.74. The Hall–Kier alpha value is -3.33. The normalized spacial score (nSPS) is 22.1. The second-order valence-electron chi connectivity index (χ2n) is 14.0. The molecule has 1 fully saturated rings. The SMILES string of the molecule is [B][C@H](CC(=O)[C@@H](C)C(=O)O)[C@](C)(C[C@@H](C)CN(C(C)=O)[C@H](C)[C@H]1N(CCCCn2cc(-c3nccs3)nn2)C(=O)O[C@]1(C)[C@H](C)CC)OC. The van der Waals surface area contributed by atoms with Gasteiger partial charge in [-0.2, -0.15) is 0 Å². The molecule has 13 nitrogen and oxygen atoms in total. The smallest absolute Gasteiger partial charge is 0.410 e. The fraction of sp³-hybridized carbons (Fsp3) is 0.735. The van der Waals surface area contributed by atoms with Crippen LogP contribution >= 0.6 is 11.3 Å². The van der Waals surface area contributed by atoms with Crippen molar-refractivity contribution >= 4 is 42.9 Å². The molecule has 8 atom stereocenters. The van der Waals surface area contributed by atoms with E-state index in [2.05, 4.69) is 29.1 Å². The molecule has 0 bridgehead atoms. The molecule has 15 heteroatoms. The van der Waals surface area contributed by atoms with Gasteiger partial charge in [-0.3, -0.25) is 24.0 Å². The molecule has 0 aromatic carbocycles. The molecule has 3 rings (SSSR count). The Kier molecular flexibility index (Phi) is 14.0. The monoisotopic (exact) mass is 700 g/mol. The number of carbonyl (C=O) groups is 4. The van der Waals surface area contributed by atoms with Crippen LogP contribution in [0.4, 0.5) is 4.79 Å². The second kappa shape index (κ2) is 17.1. The number of unbranched alkanes of at least 4 members (excludes halogenated alkanes) is 1. The van der Waals surface area contributed by atoms with Gasteiger partial charge in [0.2, 0.25) is 5.91 Å². The number of rotatable bonds is 20. The predicted octanol–water partition coefficient (Wildman–Crippen LogP) is 5.11. The lowest BCUT2D eigenvalue weighted by Crippen LogP contribution is -2.60. The van der Waals surface area contributed by atoms with Crippen molar-refractivity contribution in [3.8, 4) is 10.7 Å². The molecule has 0 unspecified atom stereocenters. The number of carbonyl (C=O) groups excluding carboxylic acids is 3. The molecule has 2 amide bonds. The summed E-state index contributed by atoms with van der Waals surface area (Å²) in [4.78, 5) is 58.5. The predicted molar refractivity (Wildman–Crippen MR) is 187 cm³/mol. The van der Waals surface area contributed by atoms with Gasteiger partial charge in [-0.05, 0) is 71.0 Å². The van der Waals surface area contributed by atoms with Crippen molar-refractivity contribution in [1.29, 1.82) is 0 Å². The molecular weight excluding hydrogens is 647 g/mol. The number of Topliss-reactive ketones (excluding diaryl/α,β-unsaturated/α-hetero) is 1. The van der Waals surface area contributed by atoms with Gasteiger partial charge < -0.3 is 19.5 Å². The van der Waals surface area contributed by atoms with Crippen LogP contribution in [0.1, 0.15) is 87.5 Å². The van der Waals surface area contributed by atoms with Crippen LogP contribution in [0.25, 0.3) is 10.7 Å². The minimum absolute atomic E-state index is 0.0278. The third kappa shape index (κ3) is 9.47. The fourth-order valence-electron chi connectivity index (χ4n) is 6.89. The maximum Gasteiger partial charge on any atom is 0.410 e. The molecule has 1 saturated heterocycles. The summed E-state index contributed by atoms with van der Waals surface area (Å²) in [6.45, 7) is 16.2. The second-order valence-corrected chi connectivity index (χ2v) is 14.9. The molecule has 0 spiro atoms. The van der Waals surface area contributed by atoms with Crippen LogP contribution in [0.5, 0.6) is 0 Å². The zero-order chi connectivity index (χ0) is 36.7. The molecule has 1 aliphatic heterocycles. The highest BCUT2D eigenvalue weighted by molar-refractivity contribution is 7.13. The van der Waals surface area contributed by atoms with Gasteiger partial charge in [-0.15, -0.1) is 16.4 Å². The van der Waals surface area contributed by atoms with Crippen molar-refractivity contribution < 1.29 is 33.8 Å². The third-order valence-electron chi connectivity index (χ3n) is 10.4. The number of methoxy groups -OCH3 is 1. The van der Waals surface area contributed by atoms with Crippen LogP contribution < -0.4 is 0 Å². The van der Waals surface area contributed by atoms with E-state index in [1.807, 2.05) is 32.3 Å². The Morgan fingerprint density at radius 3 is 2.47 bits per heavy atom. The van der Waals surface area contributed by atoms with Gasteiger partial charge in [0.25, 0.3) is 0 Å². The van der Waals surface area contributed by atoms with E-state index in [1.54, 1.807) is 27.6 Å². The zero-order valence-electron chi connectivity index (χ0n) is 30.4. The molecule has 0 aliphatic carbocycles. The first-order chi connectivity index (χ1) is 23.0. The summed E-state index contributed by atoms with van der Waals surface area (Å²) in [6, 6.07) is -0.790. The number of thiazole rings is 1. The molecule has 1 N–H and O–H groups in total. The number of ether oxygens (including phenoxy) is 2. The average Bonchev–Trinajstić information content (AvgIpc) is 3.80. The summed E-state index contributed by atoms with van der Waals surface area (Å²) in [7, 11) is 7.96. The van der Waals surface area contributed by atoms with Crippen molar-refractivity contribution in [3.05, 3.63) is 17.8 Å². The van der Waals surface area contributed by atoms with Gasteiger partial charge >= 0.3 is 12.1 Å². The molecule has 2 aromatic rings. The minimum atomic E-state index is -1.19. The number of carboxylic acids is 1. The van der Waals surface area contributed by atoms with Crippen molar-refractivity contribution in [1.82, 2.24) is 29.8 Å². The van der Waals surface area contributed by atoms with Crippen LogP contribution in [0.2, 0.25) is 5.82 Å². The summed E-state index contributed by atoms with van der Waals surface area (Å²) in [5.41, 5.74) is -1.06. The van der Waals surface area contributed by atoms with Crippen molar-refractivity contribution in [3.63, 3.8) is 0 Å². The largest absolute Gasteiger partial charge is 0.481 e. The van der Waals surface area contributed by atoms with E-state index in [1.165, 1.54) is 32.3 Å². The van der Waals surface area contributed by atoms with Crippen molar-refractivity contribution in [2.45, 2.75) is 123 Å². The highest BCUT2D eigenvalue weighted by Crippen LogP contribution is 2.41. The van der Waals surface area contributed by atoms with Crippen LogP contribution in [-0.4, -0.2) is 110 Å². The van der Waals surface area contributed by atoms with E-state index in [4.69, 9.17) is 17.3 Å². The number of ketones is 1. The van der Waals surface area contributed by atoms with Crippen LogP contribution in [0, 0.1) is 17.8 Å². The molecular formula is C34H53BN6O7S. The van der Waals surface area contributed by atoms with Gasteiger partial charge in [0, 0.05) is 51.7 Å². The standard InChI is InChI=1S/C34H53BN6O7S/c1-10-22(3)34(8)29(40(32(46)48-34)15-12-11-14-39-20-26(37-38-39)30-36-13-16-49-30)24(5)41(25(6)42)19-21(2)18-33(7,47-9)28(35)17-27(43)23(4)31(44)45/h13,16,20-24,28-29H,10-12,14-15,17-19H2,1-9H3,(H,44,45)/t21-,22-,23-,24-,28-,29-,33+,34-/m1/s1. The highest BCUT2D eigenvalue weighted by Gasteiger charge is 2.56. The number of carboxylic acid groups (broad SMARTS) is 1. The first kappa shape index (κ1) is 40.1. The highest BCUT2D eigenvalue weighted by atomic mass is 32.1. The Morgan fingerprint density at radius 1 is 1.22 bits per heavy atom. The molecule has 49 heavy (non-hydrogen) atoms. The lowest BCUT2D eigenvalue weighted by atomic mass is 9.67. The number of cyclic esters (lactones) is 1. The topological polar surface area (TPSA) is 157 Å². The minimum Gasteiger partial charge on any atom is -0.481 e. The number of hydrogen-bond acceptors (Lipinski definition) is 10. The first-order valence-corrected chi connectivity index (χ1v) is 18.0. The summed E-state index contributed by atoms with van der Waals surface area (Å²) in [5.74, 6) is -3.80. The zero-order valence-corrected chi connectivity index (χ0v) is 31.2. The van der Waals surface area contributed by atoms with E-state index in [0.29, 0.717) is 32.5 Å². The average molecular weight is 701 g/mol. The molecule has 0 saturated carbocycles. The maximum absolute atomic E-state index is 13.5. The Morgan fingerprint density at radius 2 is 1.90 bits per heavy atom. The number of aliphatic carboxylic acids is 1. The molecule has 1 aliphatic rings. The van der Waals surface area contributed by atoms with E-state index < -0.39 is 40.7 Å². The Bertz CT molecular complexity index is 1430. The number of aryl methyl sites for hydroxylation is 1. The number of nitrogens with zero attached hydrogens (tertiary/aromatic N) is 6. The van der Waals surface area contributed by atoms with E-state index in [9.17, 15) is 24.3 Å². The van der Waals surface area contributed by atoms with Gasteiger partial charge in [0.05, 0.1) is 31.7 Å². The summed E-state index contributed by atoms with van der Waals surface area (Å²) in [6.07, 6.45) is 5.71. The van der Waals surface area contributed by atoms with Gasteiger partial charge in [0.15, 0.2) is 0 Å². The summed E-state index contributed by atoms with van der Waals surface area (Å²) < 4.78 is 13.7. The maximum atomic E-state index is 13.5. The number of hydrogen-bond donors (Lipinski definition) is 1. The van der Waals surface area contributed by atoms with E-state index >= 15 is 0 Å². The quantitative estimate of drug-likeness (QED) is 0.112. The summed E-state index contributed by atoms with van der Waals surface area (Å²) in [5, 5.41) is 20.4. The number of aromatic nitrogens is 4. The fourth-order valence-corrected chi connectivity index (χ4v) is 7.47. The lowest BCUT2D eigenvalue weighted by molar-refractivity contribution is -0.146. The summed E-state index contributed by atoms with van der Waals surface area (Å²) >= 11 is 1.50. The van der Waals surface area contributed by atoms with Gasteiger partial charge in [0.1, 0.15) is 28.0 Å². The molecule has 2 aromatic heterocycles. The van der Waals surface area contributed by atoms with Crippen LogP contribution in [0.3, 0.4) is 0 Å². The lowest BCUT2D eigenvalue weighted by Gasteiger charge is -2.44.